The smallest absolute Gasteiger partial charge is 0.0712 e. The average Bonchev–Trinajstić information content (AvgIpc) is 2.94. The van der Waals surface area contributed by atoms with Crippen molar-refractivity contribution in [3.8, 4) is 11.3 Å². The van der Waals surface area contributed by atoms with Crippen LogP contribution in [0.5, 0.6) is 0 Å². The molecule has 0 saturated carbocycles. The van der Waals surface area contributed by atoms with Gasteiger partial charge in [-0.25, -0.2) is 4.98 Å². The quantitative estimate of drug-likeness (QED) is 0.378. The molecule has 0 aliphatic heterocycles. The van der Waals surface area contributed by atoms with Gasteiger partial charge in [-0.15, -0.1) is 0 Å². The molecule has 0 spiro atoms. The van der Waals surface area contributed by atoms with Crippen LogP contribution in [0.1, 0.15) is 5.56 Å². The van der Waals surface area contributed by atoms with Crippen LogP contribution in [0, 0.1) is 6.92 Å². The number of nitrogens with zero attached hydrogens (tertiary/aromatic N) is 2. The molecule has 3 aromatic carbocycles. The molecule has 120 valence electrons. The Hall–Kier alpha value is -3.13. The van der Waals surface area contributed by atoms with E-state index in [0.717, 1.165) is 16.8 Å². The molecule has 25 heavy (non-hydrogen) atoms. The van der Waals surface area contributed by atoms with Gasteiger partial charge < -0.3 is 4.57 Å². The first-order chi connectivity index (χ1) is 12.2. The van der Waals surface area contributed by atoms with Gasteiger partial charge in [0.15, 0.2) is 0 Å². The lowest BCUT2D eigenvalue weighted by atomic mass is 10.0. The van der Waals surface area contributed by atoms with Crippen LogP contribution < -0.4 is 0 Å². The van der Waals surface area contributed by atoms with Crippen molar-refractivity contribution in [2.24, 2.45) is 7.05 Å². The number of hydrogen-bond acceptors (Lipinski definition) is 1. The number of aromatic nitrogens is 2. The molecule has 0 atom stereocenters. The third kappa shape index (κ3) is 2.07. The molecule has 0 bridgehead atoms. The number of fused-ring (bicyclic) bond motifs is 4. The highest BCUT2D eigenvalue weighted by Crippen LogP contribution is 2.32. The lowest BCUT2D eigenvalue weighted by Gasteiger charge is -2.07. The Labute approximate surface area is 146 Å². The Balaban J connectivity index is 1.80. The fourth-order valence-electron chi connectivity index (χ4n) is 3.82. The standard InChI is InChI=1S/C23H18N2/c1-15-13-21(24-20-9-5-3-7-17(15)20)16-11-12-23-19(14-16)18-8-4-6-10-22(18)25(23)2/h3-14H,1-2H3. The van der Waals surface area contributed by atoms with Gasteiger partial charge in [-0.2, -0.15) is 0 Å². The fourth-order valence-corrected chi connectivity index (χ4v) is 3.82. The minimum absolute atomic E-state index is 1.03. The third-order valence-corrected chi connectivity index (χ3v) is 5.13. The number of rotatable bonds is 1. The van der Waals surface area contributed by atoms with E-state index < -0.39 is 0 Å². The highest BCUT2D eigenvalue weighted by molar-refractivity contribution is 6.09. The molecule has 2 aromatic heterocycles. The van der Waals surface area contributed by atoms with Crippen LogP contribution >= 0.6 is 0 Å². The first-order valence-corrected chi connectivity index (χ1v) is 8.56. The third-order valence-electron chi connectivity index (χ3n) is 5.13. The molecular formula is C23H18N2. The van der Waals surface area contributed by atoms with E-state index in [1.807, 2.05) is 6.07 Å². The van der Waals surface area contributed by atoms with Crippen molar-refractivity contribution in [3.05, 3.63) is 78.4 Å². The molecule has 0 aliphatic rings. The zero-order chi connectivity index (χ0) is 17.0. The van der Waals surface area contributed by atoms with E-state index in [2.05, 4.69) is 85.3 Å². The largest absolute Gasteiger partial charge is 0.344 e. The molecule has 2 nitrogen and oxygen atoms in total. The van der Waals surface area contributed by atoms with Crippen LogP contribution in [-0.4, -0.2) is 9.55 Å². The Morgan fingerprint density at radius 1 is 0.720 bits per heavy atom. The predicted octanol–water partition coefficient (Wildman–Crippen LogP) is 5.86. The number of para-hydroxylation sites is 2. The van der Waals surface area contributed by atoms with Gasteiger partial charge in [-0.3, -0.25) is 0 Å². The highest BCUT2D eigenvalue weighted by Gasteiger charge is 2.10. The lowest BCUT2D eigenvalue weighted by Crippen LogP contribution is -1.89. The second-order valence-corrected chi connectivity index (χ2v) is 6.65. The summed E-state index contributed by atoms with van der Waals surface area (Å²) < 4.78 is 2.26. The lowest BCUT2D eigenvalue weighted by molar-refractivity contribution is 1.01. The Morgan fingerprint density at radius 3 is 2.32 bits per heavy atom. The van der Waals surface area contributed by atoms with Crippen molar-refractivity contribution in [2.75, 3.05) is 0 Å². The summed E-state index contributed by atoms with van der Waals surface area (Å²) in [5.74, 6) is 0. The fraction of sp³-hybridized carbons (Fsp3) is 0.0870. The topological polar surface area (TPSA) is 17.8 Å². The van der Waals surface area contributed by atoms with Crippen LogP contribution in [0.3, 0.4) is 0 Å². The highest BCUT2D eigenvalue weighted by atomic mass is 14.9. The van der Waals surface area contributed by atoms with Gasteiger partial charge in [0.1, 0.15) is 0 Å². The first-order valence-electron chi connectivity index (χ1n) is 8.56. The molecule has 5 aromatic rings. The van der Waals surface area contributed by atoms with Crippen molar-refractivity contribution in [2.45, 2.75) is 6.92 Å². The summed E-state index contributed by atoms with van der Waals surface area (Å²) in [4.78, 5) is 4.89. The number of benzene rings is 3. The maximum atomic E-state index is 4.89. The molecule has 2 heteroatoms. The predicted molar refractivity (Wildman–Crippen MR) is 106 cm³/mol. The van der Waals surface area contributed by atoms with Crippen molar-refractivity contribution in [1.29, 1.82) is 0 Å². The SMILES string of the molecule is Cc1cc(-c2ccc3c(c2)c2ccccc2n3C)nc2ccccc12. The summed E-state index contributed by atoms with van der Waals surface area (Å²) >= 11 is 0. The molecule has 5 rings (SSSR count). The number of hydrogen-bond donors (Lipinski definition) is 0. The van der Waals surface area contributed by atoms with Crippen molar-refractivity contribution in [1.82, 2.24) is 9.55 Å². The van der Waals surface area contributed by atoms with Gasteiger partial charge in [-0.05, 0) is 42.8 Å². The Bertz CT molecular complexity index is 1260. The van der Waals surface area contributed by atoms with Crippen molar-refractivity contribution < 1.29 is 0 Å². The zero-order valence-corrected chi connectivity index (χ0v) is 14.3. The molecule has 0 N–H and O–H groups in total. The molecule has 2 heterocycles. The summed E-state index contributed by atoms with van der Waals surface area (Å²) in [6.45, 7) is 2.16. The molecule has 0 saturated heterocycles. The van der Waals surface area contributed by atoms with Crippen LogP contribution in [-0.2, 0) is 7.05 Å². The van der Waals surface area contributed by atoms with Crippen molar-refractivity contribution >= 4 is 32.7 Å². The van der Waals surface area contributed by atoms with E-state index in [-0.39, 0.29) is 0 Å². The summed E-state index contributed by atoms with van der Waals surface area (Å²) in [5, 5.41) is 3.79. The molecule has 0 fully saturated rings. The molecule has 0 radical (unpaired) electrons. The molecule has 0 aliphatic carbocycles. The molecule has 0 unspecified atom stereocenters. The van der Waals surface area contributed by atoms with Crippen LogP contribution in [0.25, 0.3) is 44.0 Å². The van der Waals surface area contributed by atoms with Crippen LogP contribution in [0.15, 0.2) is 72.8 Å². The van der Waals surface area contributed by atoms with E-state index in [1.165, 1.54) is 32.8 Å². The van der Waals surface area contributed by atoms with Gasteiger partial charge in [0.2, 0.25) is 0 Å². The number of pyridine rings is 1. The monoisotopic (exact) mass is 322 g/mol. The summed E-state index contributed by atoms with van der Waals surface area (Å²) in [7, 11) is 2.13. The maximum absolute atomic E-state index is 4.89. The van der Waals surface area contributed by atoms with E-state index in [0.29, 0.717) is 0 Å². The van der Waals surface area contributed by atoms with Gasteiger partial charge in [0.05, 0.1) is 11.2 Å². The van der Waals surface area contributed by atoms with E-state index >= 15 is 0 Å². The minimum Gasteiger partial charge on any atom is -0.344 e. The van der Waals surface area contributed by atoms with E-state index in [1.54, 1.807) is 0 Å². The normalized spacial score (nSPS) is 11.6. The number of aryl methyl sites for hydroxylation is 2. The minimum atomic E-state index is 1.03. The van der Waals surface area contributed by atoms with Gasteiger partial charge in [0, 0.05) is 39.8 Å². The molecule has 0 amide bonds. The van der Waals surface area contributed by atoms with Gasteiger partial charge in [0.25, 0.3) is 0 Å². The molecular weight excluding hydrogens is 304 g/mol. The summed E-state index contributed by atoms with van der Waals surface area (Å²) in [5.41, 5.74) is 7.03. The van der Waals surface area contributed by atoms with Crippen LogP contribution in [0.2, 0.25) is 0 Å². The van der Waals surface area contributed by atoms with Gasteiger partial charge in [-0.1, -0.05) is 42.5 Å². The van der Waals surface area contributed by atoms with E-state index in [9.17, 15) is 0 Å². The van der Waals surface area contributed by atoms with Gasteiger partial charge >= 0.3 is 0 Å². The maximum Gasteiger partial charge on any atom is 0.0712 e. The second kappa shape index (κ2) is 5.18. The Morgan fingerprint density at radius 2 is 1.44 bits per heavy atom. The average molecular weight is 322 g/mol. The second-order valence-electron chi connectivity index (χ2n) is 6.65. The zero-order valence-electron chi connectivity index (χ0n) is 14.3. The van der Waals surface area contributed by atoms with Crippen molar-refractivity contribution in [3.63, 3.8) is 0 Å². The summed E-state index contributed by atoms with van der Waals surface area (Å²) in [6, 6.07) is 25.7. The van der Waals surface area contributed by atoms with Crippen LogP contribution in [0.4, 0.5) is 0 Å². The summed E-state index contributed by atoms with van der Waals surface area (Å²) in [6.07, 6.45) is 0. The first kappa shape index (κ1) is 14.2. The van der Waals surface area contributed by atoms with E-state index in [4.69, 9.17) is 4.98 Å². The Kier molecular flexibility index (Phi) is 2.95.